The van der Waals surface area contributed by atoms with Crippen molar-refractivity contribution in [1.29, 1.82) is 0 Å². The Morgan fingerprint density at radius 1 is 1.14 bits per heavy atom. The number of hydrogen-bond acceptors (Lipinski definition) is 3. The Morgan fingerprint density at radius 3 is 2.71 bits per heavy atom. The van der Waals surface area contributed by atoms with Crippen LogP contribution in [0.5, 0.6) is 11.5 Å². The zero-order valence-electron chi connectivity index (χ0n) is 10.8. The minimum Gasteiger partial charge on any atom is -0.454 e. The van der Waals surface area contributed by atoms with E-state index in [9.17, 15) is 5.11 Å². The maximum atomic E-state index is 10.4. The molecule has 0 aliphatic carbocycles. The monoisotopic (exact) mass is 388 g/mol. The Labute approximate surface area is 140 Å². The van der Waals surface area contributed by atoms with Crippen LogP contribution in [0, 0.1) is 0 Å². The SMILES string of the molecule is OC(Cc1ccc(Br)cc1Cl)c1cc(Cl)c2c(c1)OCO2. The molecule has 1 N–H and O–H groups in total. The topological polar surface area (TPSA) is 38.7 Å². The lowest BCUT2D eigenvalue weighted by molar-refractivity contribution is 0.171. The average Bonchev–Trinajstić information content (AvgIpc) is 2.90. The molecule has 6 heteroatoms. The molecule has 21 heavy (non-hydrogen) atoms. The number of halogens is 3. The molecule has 1 unspecified atom stereocenters. The van der Waals surface area contributed by atoms with E-state index >= 15 is 0 Å². The van der Waals surface area contributed by atoms with Crippen LogP contribution in [0.4, 0.5) is 0 Å². The van der Waals surface area contributed by atoms with E-state index in [4.69, 9.17) is 32.7 Å². The number of aliphatic hydroxyl groups excluding tert-OH is 1. The lowest BCUT2D eigenvalue weighted by atomic mass is 10.0. The zero-order valence-corrected chi connectivity index (χ0v) is 13.9. The van der Waals surface area contributed by atoms with Gasteiger partial charge >= 0.3 is 0 Å². The van der Waals surface area contributed by atoms with Gasteiger partial charge in [0.25, 0.3) is 0 Å². The number of hydrogen-bond donors (Lipinski definition) is 1. The van der Waals surface area contributed by atoms with E-state index in [1.807, 2.05) is 12.1 Å². The fourth-order valence-electron chi connectivity index (χ4n) is 2.19. The first kappa shape index (κ1) is 15.0. The molecule has 3 nitrogen and oxygen atoms in total. The summed E-state index contributed by atoms with van der Waals surface area (Å²) in [7, 11) is 0. The Balaban J connectivity index is 1.85. The Kier molecular flexibility index (Phi) is 4.31. The number of fused-ring (bicyclic) bond motifs is 1. The van der Waals surface area contributed by atoms with E-state index in [-0.39, 0.29) is 6.79 Å². The van der Waals surface area contributed by atoms with Crippen molar-refractivity contribution in [3.05, 3.63) is 56.0 Å². The zero-order chi connectivity index (χ0) is 15.0. The van der Waals surface area contributed by atoms with Gasteiger partial charge in [0.05, 0.1) is 11.1 Å². The van der Waals surface area contributed by atoms with Crippen LogP contribution in [-0.4, -0.2) is 11.9 Å². The standard InChI is InChI=1S/C15H11BrCl2O3/c16-10-2-1-8(11(17)6-10)4-13(19)9-3-12(18)15-14(5-9)20-7-21-15/h1-3,5-6,13,19H,4,7H2. The van der Waals surface area contributed by atoms with E-state index < -0.39 is 6.10 Å². The summed E-state index contributed by atoms with van der Waals surface area (Å²) in [4.78, 5) is 0. The Hall–Kier alpha value is -0.940. The van der Waals surface area contributed by atoms with Crippen LogP contribution in [-0.2, 0) is 6.42 Å². The summed E-state index contributed by atoms with van der Waals surface area (Å²) < 4.78 is 11.5. The van der Waals surface area contributed by atoms with E-state index in [0.29, 0.717) is 33.5 Å². The van der Waals surface area contributed by atoms with Gasteiger partial charge in [-0.05, 0) is 35.4 Å². The Morgan fingerprint density at radius 2 is 1.95 bits per heavy atom. The minimum atomic E-state index is -0.726. The molecule has 0 saturated carbocycles. The summed E-state index contributed by atoms with van der Waals surface area (Å²) in [5, 5.41) is 11.4. The van der Waals surface area contributed by atoms with Gasteiger partial charge in [-0.1, -0.05) is 45.2 Å². The molecule has 0 aromatic heterocycles. The molecule has 1 heterocycles. The molecule has 0 saturated heterocycles. The first-order valence-electron chi connectivity index (χ1n) is 6.25. The molecule has 2 aromatic rings. The molecule has 110 valence electrons. The first-order chi connectivity index (χ1) is 10.0. The molecule has 2 aromatic carbocycles. The van der Waals surface area contributed by atoms with Crippen molar-refractivity contribution in [2.75, 3.05) is 6.79 Å². The third-order valence-electron chi connectivity index (χ3n) is 3.26. The van der Waals surface area contributed by atoms with Gasteiger partial charge in [-0.25, -0.2) is 0 Å². The smallest absolute Gasteiger partial charge is 0.231 e. The fourth-order valence-corrected chi connectivity index (χ4v) is 3.22. The highest BCUT2D eigenvalue weighted by Crippen LogP contribution is 2.41. The quantitative estimate of drug-likeness (QED) is 0.822. The van der Waals surface area contributed by atoms with Crippen molar-refractivity contribution in [1.82, 2.24) is 0 Å². The summed E-state index contributed by atoms with van der Waals surface area (Å²) in [6, 6.07) is 9.00. The van der Waals surface area contributed by atoms with Crippen molar-refractivity contribution in [2.45, 2.75) is 12.5 Å². The van der Waals surface area contributed by atoms with E-state index in [2.05, 4.69) is 15.9 Å². The highest BCUT2D eigenvalue weighted by Gasteiger charge is 2.21. The van der Waals surface area contributed by atoms with Gasteiger partial charge in [0, 0.05) is 15.9 Å². The van der Waals surface area contributed by atoms with Gasteiger partial charge in [0.15, 0.2) is 11.5 Å². The fraction of sp³-hybridized carbons (Fsp3) is 0.200. The van der Waals surface area contributed by atoms with Gasteiger partial charge < -0.3 is 14.6 Å². The second kappa shape index (κ2) is 6.05. The van der Waals surface area contributed by atoms with Crippen molar-refractivity contribution < 1.29 is 14.6 Å². The third-order valence-corrected chi connectivity index (χ3v) is 4.39. The molecular weight excluding hydrogens is 379 g/mol. The number of rotatable bonds is 3. The predicted octanol–water partition coefficient (Wildman–Crippen LogP) is 4.76. The summed E-state index contributed by atoms with van der Waals surface area (Å²) in [6.45, 7) is 0.146. The number of ether oxygens (including phenoxy) is 2. The van der Waals surface area contributed by atoms with Gasteiger partial charge in [0.1, 0.15) is 0 Å². The van der Waals surface area contributed by atoms with Crippen LogP contribution in [0.15, 0.2) is 34.8 Å². The average molecular weight is 390 g/mol. The number of aliphatic hydroxyl groups is 1. The largest absolute Gasteiger partial charge is 0.454 e. The van der Waals surface area contributed by atoms with Crippen LogP contribution in [0.1, 0.15) is 17.2 Å². The van der Waals surface area contributed by atoms with E-state index in [0.717, 1.165) is 10.0 Å². The molecule has 3 rings (SSSR count). The molecule has 0 fully saturated rings. The van der Waals surface area contributed by atoms with E-state index in [1.165, 1.54) is 0 Å². The van der Waals surface area contributed by atoms with Crippen molar-refractivity contribution in [3.63, 3.8) is 0 Å². The van der Waals surface area contributed by atoms with Crippen LogP contribution in [0.25, 0.3) is 0 Å². The van der Waals surface area contributed by atoms with Gasteiger partial charge in [0.2, 0.25) is 6.79 Å². The first-order valence-corrected chi connectivity index (χ1v) is 7.80. The summed E-state index contributed by atoms with van der Waals surface area (Å²) >= 11 is 15.7. The predicted molar refractivity (Wildman–Crippen MR) is 85.4 cm³/mol. The summed E-state index contributed by atoms with van der Waals surface area (Å²) in [5.74, 6) is 1.08. The molecule has 0 bridgehead atoms. The van der Waals surface area contributed by atoms with E-state index in [1.54, 1.807) is 18.2 Å². The maximum Gasteiger partial charge on any atom is 0.231 e. The number of benzene rings is 2. The normalized spacial score (nSPS) is 14.3. The van der Waals surface area contributed by atoms with Crippen LogP contribution in [0.2, 0.25) is 10.0 Å². The van der Waals surface area contributed by atoms with Crippen molar-refractivity contribution >= 4 is 39.1 Å². The maximum absolute atomic E-state index is 10.4. The third kappa shape index (κ3) is 3.14. The molecule has 1 aliphatic heterocycles. The molecular formula is C15H11BrCl2O3. The second-order valence-electron chi connectivity index (χ2n) is 4.69. The summed E-state index contributed by atoms with van der Waals surface area (Å²) in [6.07, 6.45) is -0.335. The minimum absolute atomic E-state index is 0.146. The summed E-state index contributed by atoms with van der Waals surface area (Å²) in [5.41, 5.74) is 1.53. The van der Waals surface area contributed by atoms with Crippen molar-refractivity contribution in [3.8, 4) is 11.5 Å². The van der Waals surface area contributed by atoms with Gasteiger partial charge in [-0.3, -0.25) is 0 Å². The molecule has 0 radical (unpaired) electrons. The highest BCUT2D eigenvalue weighted by molar-refractivity contribution is 9.10. The van der Waals surface area contributed by atoms with Crippen LogP contribution < -0.4 is 9.47 Å². The van der Waals surface area contributed by atoms with Gasteiger partial charge in [-0.15, -0.1) is 0 Å². The Bertz CT molecular complexity index is 691. The lowest BCUT2D eigenvalue weighted by Crippen LogP contribution is -2.02. The molecule has 0 spiro atoms. The van der Waals surface area contributed by atoms with Gasteiger partial charge in [-0.2, -0.15) is 0 Å². The second-order valence-corrected chi connectivity index (χ2v) is 6.42. The van der Waals surface area contributed by atoms with Crippen LogP contribution >= 0.6 is 39.1 Å². The molecule has 0 amide bonds. The highest BCUT2D eigenvalue weighted by atomic mass is 79.9. The lowest BCUT2D eigenvalue weighted by Gasteiger charge is -2.14. The van der Waals surface area contributed by atoms with Crippen LogP contribution in [0.3, 0.4) is 0 Å². The van der Waals surface area contributed by atoms with Crippen molar-refractivity contribution in [2.24, 2.45) is 0 Å². The molecule has 1 aliphatic rings. The molecule has 1 atom stereocenters.